The molecule has 0 saturated carbocycles. The molecule has 3 aromatic carbocycles. The van der Waals surface area contributed by atoms with E-state index in [0.717, 1.165) is 38.7 Å². The van der Waals surface area contributed by atoms with Crippen LogP contribution in [0.1, 0.15) is 5.56 Å². The van der Waals surface area contributed by atoms with Gasteiger partial charge in [0, 0.05) is 30.1 Å². The fourth-order valence-electron chi connectivity index (χ4n) is 4.22. The van der Waals surface area contributed by atoms with Crippen molar-refractivity contribution in [1.82, 2.24) is 4.57 Å². The van der Waals surface area contributed by atoms with Crippen LogP contribution in [-0.4, -0.2) is 4.57 Å². The second-order valence-corrected chi connectivity index (χ2v) is 7.44. The highest BCUT2D eigenvalue weighted by molar-refractivity contribution is 6.21. The Morgan fingerprint density at radius 1 is 0.828 bits per heavy atom. The quantitative estimate of drug-likeness (QED) is 0.247. The highest BCUT2D eigenvalue weighted by Gasteiger charge is 2.17. The summed E-state index contributed by atoms with van der Waals surface area (Å²) in [6, 6.07) is 22.3. The van der Waals surface area contributed by atoms with Crippen molar-refractivity contribution in [2.75, 3.05) is 0 Å². The van der Waals surface area contributed by atoms with Gasteiger partial charge in [0.2, 0.25) is 5.55 Å². The minimum atomic E-state index is 0.567. The normalized spacial score (nSPS) is 12.7. The highest BCUT2D eigenvalue weighted by Crippen LogP contribution is 2.37. The lowest BCUT2D eigenvalue weighted by Gasteiger charge is -2.14. The van der Waals surface area contributed by atoms with Crippen LogP contribution in [0.2, 0.25) is 0 Å². The van der Waals surface area contributed by atoms with Gasteiger partial charge in [-0.05, 0) is 36.1 Å². The Morgan fingerprint density at radius 3 is 2.55 bits per heavy atom. The van der Waals surface area contributed by atoms with Crippen molar-refractivity contribution in [3.05, 3.63) is 84.0 Å². The molecule has 29 heavy (non-hydrogen) atoms. The zero-order valence-electron chi connectivity index (χ0n) is 16.1. The van der Waals surface area contributed by atoms with E-state index in [9.17, 15) is 0 Å². The van der Waals surface area contributed by atoms with E-state index < -0.39 is 0 Å². The van der Waals surface area contributed by atoms with Crippen molar-refractivity contribution < 1.29 is 8.83 Å². The van der Waals surface area contributed by atoms with Crippen LogP contribution in [0.5, 0.6) is 0 Å². The van der Waals surface area contributed by atoms with Crippen LogP contribution in [-0.2, 0) is 7.05 Å². The van der Waals surface area contributed by atoms with E-state index in [1.54, 1.807) is 0 Å². The monoisotopic (exact) mass is 378 g/mol. The fraction of sp³-hybridized carbons (Fsp3) is 0.0800. The van der Waals surface area contributed by atoms with Crippen molar-refractivity contribution >= 4 is 49.5 Å². The molecule has 3 aromatic heterocycles. The van der Waals surface area contributed by atoms with E-state index in [0.29, 0.717) is 5.55 Å². The largest absolute Gasteiger partial charge is 0.454 e. The molecule has 4 nitrogen and oxygen atoms in total. The Bertz CT molecular complexity index is 1620. The first-order valence-electron chi connectivity index (χ1n) is 9.62. The number of para-hydroxylation sites is 1. The Labute approximate surface area is 166 Å². The zero-order valence-corrected chi connectivity index (χ0v) is 16.1. The Balaban J connectivity index is 1.79. The molecular weight excluding hydrogens is 360 g/mol. The molecule has 0 aliphatic rings. The van der Waals surface area contributed by atoms with Crippen molar-refractivity contribution in [2.45, 2.75) is 6.92 Å². The zero-order chi connectivity index (χ0) is 19.5. The number of furan rings is 1. The molecule has 4 heteroatoms. The van der Waals surface area contributed by atoms with Gasteiger partial charge in [0.05, 0.1) is 16.6 Å². The third-order valence-corrected chi connectivity index (χ3v) is 5.53. The number of aryl methyl sites for hydroxylation is 2. The molecule has 0 N–H and O–H groups in total. The molecule has 0 spiro atoms. The van der Waals surface area contributed by atoms with Gasteiger partial charge in [-0.3, -0.25) is 0 Å². The number of rotatable bonds is 1. The minimum Gasteiger partial charge on any atom is -0.454 e. The van der Waals surface area contributed by atoms with Gasteiger partial charge < -0.3 is 13.4 Å². The SMILES string of the molecule is Cc1ccc2cccc3oc4c5cc(=Nc6ccccc6)oc5cn(C)c4c1c23. The summed E-state index contributed by atoms with van der Waals surface area (Å²) in [7, 11) is 2.03. The smallest absolute Gasteiger partial charge is 0.220 e. The summed E-state index contributed by atoms with van der Waals surface area (Å²) in [5.74, 6) is 0. The molecule has 0 bridgehead atoms. The van der Waals surface area contributed by atoms with E-state index in [-0.39, 0.29) is 0 Å². The Kier molecular flexibility index (Phi) is 3.27. The summed E-state index contributed by atoms with van der Waals surface area (Å²) in [6.07, 6.45) is 2.01. The van der Waals surface area contributed by atoms with E-state index in [1.807, 2.05) is 61.8 Å². The molecule has 0 atom stereocenters. The second-order valence-electron chi connectivity index (χ2n) is 7.44. The van der Waals surface area contributed by atoms with Gasteiger partial charge in [0.25, 0.3) is 0 Å². The first kappa shape index (κ1) is 16.2. The number of benzene rings is 3. The van der Waals surface area contributed by atoms with E-state index in [2.05, 4.69) is 34.7 Å². The van der Waals surface area contributed by atoms with Gasteiger partial charge in [-0.15, -0.1) is 0 Å². The summed E-state index contributed by atoms with van der Waals surface area (Å²) in [5.41, 5.74) is 6.16. The van der Waals surface area contributed by atoms with Crippen molar-refractivity contribution in [1.29, 1.82) is 0 Å². The summed E-state index contributed by atoms with van der Waals surface area (Å²) in [5, 5.41) is 4.48. The van der Waals surface area contributed by atoms with Crippen molar-refractivity contribution in [2.24, 2.45) is 12.0 Å². The van der Waals surface area contributed by atoms with Gasteiger partial charge in [-0.2, -0.15) is 0 Å². The van der Waals surface area contributed by atoms with E-state index in [4.69, 9.17) is 8.83 Å². The third-order valence-electron chi connectivity index (χ3n) is 5.53. The van der Waals surface area contributed by atoms with Crippen LogP contribution < -0.4 is 5.55 Å². The molecule has 0 radical (unpaired) electrons. The Morgan fingerprint density at radius 2 is 1.69 bits per heavy atom. The molecule has 6 aromatic rings. The first-order chi connectivity index (χ1) is 14.2. The average molecular weight is 378 g/mol. The molecule has 0 aliphatic heterocycles. The summed E-state index contributed by atoms with van der Waals surface area (Å²) in [4.78, 5) is 4.63. The molecule has 3 heterocycles. The fourth-order valence-corrected chi connectivity index (χ4v) is 4.22. The van der Waals surface area contributed by atoms with Crippen LogP contribution in [0.15, 0.2) is 86.8 Å². The molecular formula is C25H18N2O2. The number of pyridine rings is 1. The number of hydrogen-bond acceptors (Lipinski definition) is 3. The van der Waals surface area contributed by atoms with Crippen molar-refractivity contribution in [3.63, 3.8) is 0 Å². The lowest BCUT2D eigenvalue weighted by atomic mass is 9.99. The lowest BCUT2D eigenvalue weighted by Crippen LogP contribution is -1.96. The molecule has 0 amide bonds. The van der Waals surface area contributed by atoms with Gasteiger partial charge in [-0.1, -0.05) is 42.5 Å². The topological polar surface area (TPSA) is 43.6 Å². The number of nitrogens with zero attached hydrogens (tertiary/aromatic N) is 2. The summed E-state index contributed by atoms with van der Waals surface area (Å²) < 4.78 is 14.6. The van der Waals surface area contributed by atoms with E-state index >= 15 is 0 Å². The molecule has 0 fully saturated rings. The van der Waals surface area contributed by atoms with Crippen molar-refractivity contribution in [3.8, 4) is 0 Å². The van der Waals surface area contributed by atoms with Crippen LogP contribution in [0.3, 0.4) is 0 Å². The molecule has 0 saturated heterocycles. The predicted molar refractivity (Wildman–Crippen MR) is 116 cm³/mol. The highest BCUT2D eigenvalue weighted by atomic mass is 16.3. The predicted octanol–water partition coefficient (Wildman–Crippen LogP) is 6.36. The number of fused-ring (bicyclic) bond motifs is 4. The van der Waals surface area contributed by atoms with Gasteiger partial charge in [0.15, 0.2) is 11.2 Å². The summed E-state index contributed by atoms with van der Waals surface area (Å²) in [6.45, 7) is 2.15. The minimum absolute atomic E-state index is 0.567. The average Bonchev–Trinajstić information content (AvgIpc) is 3.13. The molecule has 140 valence electrons. The summed E-state index contributed by atoms with van der Waals surface area (Å²) >= 11 is 0. The first-order valence-corrected chi connectivity index (χ1v) is 9.62. The maximum atomic E-state index is 6.44. The second kappa shape index (κ2) is 5.85. The molecule has 6 rings (SSSR count). The van der Waals surface area contributed by atoms with Gasteiger partial charge in [-0.25, -0.2) is 4.99 Å². The Hall–Kier alpha value is -3.79. The van der Waals surface area contributed by atoms with Crippen LogP contribution in [0.4, 0.5) is 5.69 Å². The van der Waals surface area contributed by atoms with E-state index in [1.165, 1.54) is 16.3 Å². The van der Waals surface area contributed by atoms with Crippen LogP contribution >= 0.6 is 0 Å². The maximum absolute atomic E-state index is 6.44. The number of aromatic nitrogens is 1. The lowest BCUT2D eigenvalue weighted by molar-refractivity contribution is 0.554. The van der Waals surface area contributed by atoms with Crippen LogP contribution in [0, 0.1) is 6.92 Å². The number of hydrogen-bond donors (Lipinski definition) is 0. The van der Waals surface area contributed by atoms with Gasteiger partial charge in [0.1, 0.15) is 5.58 Å². The third kappa shape index (κ3) is 2.36. The standard InChI is InChI=1S/C25H18N2O2/c1-15-11-12-16-7-6-10-19-23(16)22(15)24-25(29-19)18-13-21(28-20(18)14-27(24)2)26-17-8-4-3-5-9-17/h3-14H,1-2H3. The maximum Gasteiger partial charge on any atom is 0.220 e. The molecule has 0 unspecified atom stereocenters. The van der Waals surface area contributed by atoms with Gasteiger partial charge >= 0.3 is 0 Å². The molecule has 0 aliphatic carbocycles. The van der Waals surface area contributed by atoms with Crippen LogP contribution in [0.25, 0.3) is 43.8 Å².